The van der Waals surface area contributed by atoms with Gasteiger partial charge in [0.2, 0.25) is 0 Å². The quantitative estimate of drug-likeness (QED) is 0.583. The first-order chi connectivity index (χ1) is 5.20. The molecule has 0 radical (unpaired) electrons. The highest BCUT2D eigenvalue weighted by Gasteiger charge is 2.34. The molecular weight excluding hydrogens is 149 g/mol. The number of aliphatic hydroxyl groups excluding tert-OH is 1. The van der Waals surface area contributed by atoms with Crippen molar-refractivity contribution in [1.29, 1.82) is 0 Å². The summed E-state index contributed by atoms with van der Waals surface area (Å²) in [6, 6.07) is 0. The molecule has 1 rings (SSSR count). The van der Waals surface area contributed by atoms with E-state index in [0.29, 0.717) is 26.1 Å². The topological polar surface area (TPSA) is 43.7 Å². The molecule has 1 aliphatic rings. The van der Waals surface area contributed by atoms with Gasteiger partial charge < -0.3 is 10.2 Å². The van der Waals surface area contributed by atoms with Crippen molar-refractivity contribution in [1.82, 2.24) is 4.90 Å². The van der Waals surface area contributed by atoms with Gasteiger partial charge in [0, 0.05) is 19.6 Å². The maximum atomic E-state index is 11.8. The van der Waals surface area contributed by atoms with Crippen LogP contribution < -0.4 is 0 Å². The standard InChI is InChI=1S/C7H14FNO2/c8-2-4-9-3-1-7(11,5-9)6-10/h10-11H,1-6H2. The largest absolute Gasteiger partial charge is 0.393 e. The maximum absolute atomic E-state index is 11.8. The molecule has 0 aromatic rings. The van der Waals surface area contributed by atoms with Crippen LogP contribution in [-0.2, 0) is 0 Å². The molecule has 0 saturated carbocycles. The van der Waals surface area contributed by atoms with Gasteiger partial charge >= 0.3 is 0 Å². The van der Waals surface area contributed by atoms with Crippen LogP contribution in [-0.4, -0.2) is 53.6 Å². The minimum absolute atomic E-state index is 0.226. The highest BCUT2D eigenvalue weighted by molar-refractivity contribution is 4.89. The van der Waals surface area contributed by atoms with Crippen molar-refractivity contribution in [2.45, 2.75) is 12.0 Å². The number of hydrogen-bond donors (Lipinski definition) is 2. The lowest BCUT2D eigenvalue weighted by Crippen LogP contribution is -2.37. The zero-order chi connectivity index (χ0) is 8.32. The lowest BCUT2D eigenvalue weighted by Gasteiger charge is -2.19. The summed E-state index contributed by atoms with van der Waals surface area (Å²) < 4.78 is 11.8. The van der Waals surface area contributed by atoms with E-state index >= 15 is 0 Å². The Hall–Kier alpha value is -0.190. The summed E-state index contributed by atoms with van der Waals surface area (Å²) in [5.74, 6) is 0. The molecule has 1 saturated heterocycles. The number of alkyl halides is 1. The molecule has 66 valence electrons. The molecule has 1 atom stereocenters. The van der Waals surface area contributed by atoms with Crippen LogP contribution in [0.5, 0.6) is 0 Å². The summed E-state index contributed by atoms with van der Waals surface area (Å²) in [7, 11) is 0. The summed E-state index contributed by atoms with van der Waals surface area (Å²) in [6.45, 7) is 0.827. The number of β-amino-alcohol motifs (C(OH)–C–C–N with tert-alkyl or cyclic N) is 1. The van der Waals surface area contributed by atoms with Crippen molar-refractivity contribution in [3.63, 3.8) is 0 Å². The molecule has 0 spiro atoms. The molecule has 3 nitrogen and oxygen atoms in total. The summed E-state index contributed by atoms with van der Waals surface area (Å²) in [4.78, 5) is 1.82. The number of aliphatic hydroxyl groups is 2. The normalized spacial score (nSPS) is 33.0. The Morgan fingerprint density at radius 2 is 2.27 bits per heavy atom. The van der Waals surface area contributed by atoms with Crippen LogP contribution in [0.3, 0.4) is 0 Å². The summed E-state index contributed by atoms with van der Waals surface area (Å²) in [5, 5.41) is 18.2. The van der Waals surface area contributed by atoms with Crippen molar-refractivity contribution in [2.24, 2.45) is 0 Å². The zero-order valence-electron chi connectivity index (χ0n) is 6.46. The Balaban J connectivity index is 2.33. The van der Waals surface area contributed by atoms with E-state index in [1.165, 1.54) is 0 Å². The third kappa shape index (κ3) is 2.12. The van der Waals surface area contributed by atoms with Crippen LogP contribution in [0, 0.1) is 0 Å². The van der Waals surface area contributed by atoms with Gasteiger partial charge in [-0.05, 0) is 6.42 Å². The molecule has 11 heavy (non-hydrogen) atoms. The van der Waals surface area contributed by atoms with Gasteiger partial charge in [0.1, 0.15) is 12.3 Å². The Morgan fingerprint density at radius 3 is 2.73 bits per heavy atom. The number of likely N-dealkylation sites (tertiary alicyclic amines) is 1. The zero-order valence-corrected chi connectivity index (χ0v) is 6.46. The highest BCUT2D eigenvalue weighted by atomic mass is 19.1. The van der Waals surface area contributed by atoms with Gasteiger partial charge in [-0.3, -0.25) is 4.90 Å². The van der Waals surface area contributed by atoms with Crippen LogP contribution in [0.15, 0.2) is 0 Å². The van der Waals surface area contributed by atoms with Crippen LogP contribution in [0.2, 0.25) is 0 Å². The SMILES string of the molecule is OCC1(O)CCN(CCF)C1. The molecule has 1 heterocycles. The van der Waals surface area contributed by atoms with Crippen LogP contribution >= 0.6 is 0 Å². The molecule has 4 heteroatoms. The van der Waals surface area contributed by atoms with Gasteiger partial charge in [-0.2, -0.15) is 0 Å². The average molecular weight is 163 g/mol. The lowest BCUT2D eigenvalue weighted by molar-refractivity contribution is -0.00552. The van der Waals surface area contributed by atoms with Crippen LogP contribution in [0.4, 0.5) is 4.39 Å². The van der Waals surface area contributed by atoms with Gasteiger partial charge in [-0.25, -0.2) is 4.39 Å². The van der Waals surface area contributed by atoms with Crippen molar-refractivity contribution < 1.29 is 14.6 Å². The van der Waals surface area contributed by atoms with Crippen molar-refractivity contribution >= 4 is 0 Å². The maximum Gasteiger partial charge on any atom is 0.102 e. The molecule has 0 aliphatic carbocycles. The van der Waals surface area contributed by atoms with E-state index in [1.807, 2.05) is 4.90 Å². The second-order valence-corrected chi connectivity index (χ2v) is 3.10. The van der Waals surface area contributed by atoms with Crippen molar-refractivity contribution in [3.8, 4) is 0 Å². The molecule has 0 bridgehead atoms. The van der Waals surface area contributed by atoms with Gasteiger partial charge in [0.25, 0.3) is 0 Å². The third-order valence-electron chi connectivity index (χ3n) is 2.11. The Labute approximate surface area is 65.4 Å². The molecule has 1 aliphatic heterocycles. The number of halogens is 1. The molecule has 1 fully saturated rings. The van der Waals surface area contributed by atoms with E-state index in [2.05, 4.69) is 0 Å². The van der Waals surface area contributed by atoms with E-state index in [1.54, 1.807) is 0 Å². The number of hydrogen-bond acceptors (Lipinski definition) is 3. The minimum Gasteiger partial charge on any atom is -0.393 e. The first kappa shape index (κ1) is 8.90. The van der Waals surface area contributed by atoms with E-state index in [9.17, 15) is 9.50 Å². The number of rotatable bonds is 3. The fraction of sp³-hybridized carbons (Fsp3) is 1.00. The molecule has 0 amide bonds. The van der Waals surface area contributed by atoms with Crippen LogP contribution in [0.1, 0.15) is 6.42 Å². The lowest BCUT2D eigenvalue weighted by atomic mass is 10.1. The molecule has 2 N–H and O–H groups in total. The van der Waals surface area contributed by atoms with Gasteiger partial charge in [0.15, 0.2) is 0 Å². The van der Waals surface area contributed by atoms with Crippen LogP contribution in [0.25, 0.3) is 0 Å². The van der Waals surface area contributed by atoms with E-state index in [0.717, 1.165) is 0 Å². The predicted molar refractivity (Wildman–Crippen MR) is 39.1 cm³/mol. The molecule has 0 aromatic carbocycles. The second kappa shape index (κ2) is 3.47. The number of nitrogens with zero attached hydrogens (tertiary/aromatic N) is 1. The fourth-order valence-electron chi connectivity index (χ4n) is 1.38. The summed E-state index contributed by atoms with van der Waals surface area (Å²) in [5.41, 5.74) is -0.977. The summed E-state index contributed by atoms with van der Waals surface area (Å²) in [6.07, 6.45) is 0.545. The van der Waals surface area contributed by atoms with Gasteiger partial charge in [-0.15, -0.1) is 0 Å². The molecule has 1 unspecified atom stereocenters. The second-order valence-electron chi connectivity index (χ2n) is 3.10. The average Bonchev–Trinajstić information content (AvgIpc) is 2.35. The minimum atomic E-state index is -0.977. The first-order valence-corrected chi connectivity index (χ1v) is 3.82. The predicted octanol–water partition coefficient (Wildman–Crippen LogP) is -0.615. The van der Waals surface area contributed by atoms with Gasteiger partial charge in [0.05, 0.1) is 6.61 Å². The van der Waals surface area contributed by atoms with E-state index < -0.39 is 5.60 Å². The monoisotopic (exact) mass is 163 g/mol. The van der Waals surface area contributed by atoms with Crippen molar-refractivity contribution in [3.05, 3.63) is 0 Å². The fourth-order valence-corrected chi connectivity index (χ4v) is 1.38. The first-order valence-electron chi connectivity index (χ1n) is 3.82. The van der Waals surface area contributed by atoms with E-state index in [4.69, 9.17) is 5.11 Å². The summed E-state index contributed by atoms with van der Waals surface area (Å²) >= 11 is 0. The third-order valence-corrected chi connectivity index (χ3v) is 2.11. The van der Waals surface area contributed by atoms with Crippen molar-refractivity contribution in [2.75, 3.05) is 32.9 Å². The molecule has 0 aromatic heterocycles. The Morgan fingerprint density at radius 1 is 1.55 bits per heavy atom. The molecular formula is C7H14FNO2. The Bertz CT molecular complexity index is 134. The highest BCUT2D eigenvalue weighted by Crippen LogP contribution is 2.19. The van der Waals surface area contributed by atoms with E-state index in [-0.39, 0.29) is 13.3 Å². The van der Waals surface area contributed by atoms with Gasteiger partial charge in [-0.1, -0.05) is 0 Å². The Kier molecular flexibility index (Phi) is 2.81. The smallest absolute Gasteiger partial charge is 0.102 e.